The van der Waals surface area contributed by atoms with E-state index in [-0.39, 0.29) is 4.24 Å². The van der Waals surface area contributed by atoms with Gasteiger partial charge in [-0.25, -0.2) is 8.42 Å². The van der Waals surface area contributed by atoms with Gasteiger partial charge in [-0.05, 0) is 50.4 Å². The highest BCUT2D eigenvalue weighted by molar-refractivity contribution is 8.08. The second kappa shape index (κ2) is 8.97. The molecule has 6 heteroatoms. The van der Waals surface area contributed by atoms with Crippen molar-refractivity contribution in [1.29, 1.82) is 0 Å². The second-order valence-electron chi connectivity index (χ2n) is 5.71. The molecule has 0 heterocycles. The summed E-state index contributed by atoms with van der Waals surface area (Å²) in [4.78, 5) is 0.931. The maximum Gasteiger partial charge on any atom is 0.121 e. The molecule has 0 aliphatic heterocycles. The summed E-state index contributed by atoms with van der Waals surface area (Å²) in [6.45, 7) is 6.22. The fraction of sp³-hybridized carbons (Fsp3) is 0.263. The molecule has 2 aromatic rings. The zero-order valence-corrected chi connectivity index (χ0v) is 16.2. The van der Waals surface area contributed by atoms with Gasteiger partial charge < -0.3 is 10.4 Å². The lowest BCUT2D eigenvalue weighted by Gasteiger charge is -2.20. The van der Waals surface area contributed by atoms with E-state index in [1.165, 1.54) is 0 Å². The molecule has 0 spiro atoms. The molecule has 25 heavy (non-hydrogen) atoms. The molecule has 2 aromatic carbocycles. The van der Waals surface area contributed by atoms with E-state index in [1.54, 1.807) is 24.3 Å². The first kappa shape index (κ1) is 19.4. The van der Waals surface area contributed by atoms with Crippen molar-refractivity contribution in [3.05, 3.63) is 69.8 Å². The Morgan fingerprint density at radius 2 is 1.28 bits per heavy atom. The molecule has 134 valence electrons. The lowest BCUT2D eigenvalue weighted by Crippen LogP contribution is -2.28. The van der Waals surface area contributed by atoms with Gasteiger partial charge in [-0.2, -0.15) is 0 Å². The smallest absolute Gasteiger partial charge is 0.121 e. The molecule has 2 atom stereocenters. The molecule has 2 unspecified atom stereocenters. The van der Waals surface area contributed by atoms with Gasteiger partial charge in [-0.15, -0.1) is 0 Å². The van der Waals surface area contributed by atoms with Gasteiger partial charge in [0.1, 0.15) is 4.24 Å². The summed E-state index contributed by atoms with van der Waals surface area (Å²) >= 11 is 0. The monoisotopic (exact) mass is 376 g/mol. The van der Waals surface area contributed by atoms with E-state index in [4.69, 9.17) is 0 Å². The van der Waals surface area contributed by atoms with E-state index in [1.807, 2.05) is 45.0 Å². The number of hydrogen-bond donors (Lipinski definition) is 1. The lowest BCUT2D eigenvalue weighted by atomic mass is 10.2. The van der Waals surface area contributed by atoms with Gasteiger partial charge in [-0.1, -0.05) is 42.3 Å². The second-order valence-corrected chi connectivity index (χ2v) is 8.80. The number of nitrogens with one attached hydrogen (secondary N) is 1. The average molecular weight is 377 g/mol. The van der Waals surface area contributed by atoms with E-state index in [0.29, 0.717) is 16.3 Å². The summed E-state index contributed by atoms with van der Waals surface area (Å²) in [5, 5.41) is 15.2. The molecule has 0 fully saturated rings. The summed E-state index contributed by atoms with van der Waals surface area (Å²) in [6.07, 6.45) is 0.743. The first-order valence-electron chi connectivity index (χ1n) is 8.06. The van der Waals surface area contributed by atoms with Gasteiger partial charge >= 0.3 is 0 Å². The maximum atomic E-state index is 13.0. The highest BCUT2D eigenvalue weighted by Gasteiger charge is 2.20. The molecular formula is C19H22NO3S2-. The highest BCUT2D eigenvalue weighted by Crippen LogP contribution is 2.24. The van der Waals surface area contributed by atoms with Crippen molar-refractivity contribution in [3.63, 3.8) is 0 Å². The van der Waals surface area contributed by atoms with Gasteiger partial charge in [0.15, 0.2) is 0 Å². The van der Waals surface area contributed by atoms with Crippen LogP contribution in [0.15, 0.2) is 68.4 Å². The Balaban J connectivity index is 2.45. The first-order chi connectivity index (χ1) is 11.9. The van der Waals surface area contributed by atoms with Crippen LogP contribution in [0.3, 0.4) is 0 Å². The van der Waals surface area contributed by atoms with E-state index >= 15 is 0 Å². The molecule has 0 aromatic heterocycles. The van der Waals surface area contributed by atoms with Crippen LogP contribution in [0.2, 0.25) is 0 Å². The van der Waals surface area contributed by atoms with Gasteiger partial charge in [0.2, 0.25) is 0 Å². The van der Waals surface area contributed by atoms with Crippen molar-refractivity contribution < 1.29 is 13.5 Å². The summed E-state index contributed by atoms with van der Waals surface area (Å²) in [5.41, 5.74) is 2.05. The lowest BCUT2D eigenvalue weighted by molar-refractivity contribution is -0.311. The van der Waals surface area contributed by atoms with Crippen molar-refractivity contribution in [2.24, 2.45) is 0 Å². The van der Waals surface area contributed by atoms with Gasteiger partial charge in [0.05, 0.1) is 21.6 Å². The van der Waals surface area contributed by atoms with Crippen molar-refractivity contribution in [3.8, 4) is 0 Å². The van der Waals surface area contributed by atoms with Crippen molar-refractivity contribution in [2.45, 2.75) is 37.0 Å². The van der Waals surface area contributed by atoms with E-state index in [2.05, 4.69) is 5.32 Å². The van der Waals surface area contributed by atoms with Gasteiger partial charge in [0, 0.05) is 16.3 Å². The predicted octanol–water partition coefficient (Wildman–Crippen LogP) is 2.71. The van der Waals surface area contributed by atoms with Crippen molar-refractivity contribution >= 4 is 21.6 Å². The highest BCUT2D eigenvalue weighted by atomic mass is 32.2. The fourth-order valence-corrected chi connectivity index (χ4v) is 4.89. The summed E-state index contributed by atoms with van der Waals surface area (Å²) in [6, 6.07) is 14.1. The van der Waals surface area contributed by atoms with Crippen LogP contribution < -0.4 is 10.4 Å². The van der Waals surface area contributed by atoms with Crippen LogP contribution in [0.4, 0.5) is 0 Å². The van der Waals surface area contributed by atoms with Crippen LogP contribution in [0.25, 0.3) is 0 Å². The predicted molar refractivity (Wildman–Crippen MR) is 100 cm³/mol. The molecule has 1 N–H and O–H groups in total. The Morgan fingerprint density at radius 3 is 1.64 bits per heavy atom. The summed E-state index contributed by atoms with van der Waals surface area (Å²) < 4.78 is 25.8. The number of aryl methyl sites for hydroxylation is 2. The maximum absolute atomic E-state index is 13.0. The van der Waals surface area contributed by atoms with E-state index < -0.39 is 27.5 Å². The minimum absolute atomic E-state index is 0.124. The normalized spacial score (nSPS) is 13.1. The molecule has 0 radical (unpaired) electrons. The summed E-state index contributed by atoms with van der Waals surface area (Å²) in [7, 11) is -3.59. The van der Waals surface area contributed by atoms with E-state index in [0.717, 1.165) is 17.5 Å². The molecule has 0 aliphatic rings. The Labute approximate surface area is 153 Å². The standard InChI is InChI=1S/C19H23NO3S2/c1-4-13-20-18(21)19(24(22)16-9-5-14(2)6-10-16)25(23)17-11-7-15(3)8-12-17/h5-12,20-21H,4,13H2,1-3H3/p-1. The molecule has 4 nitrogen and oxygen atoms in total. The first-order valence-corrected chi connectivity index (χ1v) is 10.4. The van der Waals surface area contributed by atoms with Crippen molar-refractivity contribution in [2.75, 3.05) is 6.54 Å². The van der Waals surface area contributed by atoms with Gasteiger partial charge in [-0.3, -0.25) is 0 Å². The van der Waals surface area contributed by atoms with Crippen LogP contribution in [-0.2, 0) is 21.6 Å². The third-order valence-corrected chi connectivity index (χ3v) is 6.88. The van der Waals surface area contributed by atoms with Crippen LogP contribution >= 0.6 is 0 Å². The largest absolute Gasteiger partial charge is 0.859 e. The minimum Gasteiger partial charge on any atom is -0.859 e. The fourth-order valence-electron chi connectivity index (χ4n) is 2.09. The van der Waals surface area contributed by atoms with Crippen molar-refractivity contribution in [1.82, 2.24) is 5.32 Å². The Hall–Kier alpha value is -1.92. The third-order valence-electron chi connectivity index (χ3n) is 3.53. The van der Waals surface area contributed by atoms with Gasteiger partial charge in [0.25, 0.3) is 0 Å². The molecule has 0 aliphatic carbocycles. The number of benzene rings is 2. The van der Waals surface area contributed by atoms with Crippen LogP contribution in [0, 0.1) is 13.8 Å². The zero-order valence-electron chi connectivity index (χ0n) is 14.6. The third kappa shape index (κ3) is 5.03. The Bertz CT molecular complexity index is 737. The average Bonchev–Trinajstić information content (AvgIpc) is 2.61. The van der Waals surface area contributed by atoms with E-state index in [9.17, 15) is 13.5 Å². The minimum atomic E-state index is -1.79. The SMILES string of the molecule is CCCNC([O-])=C(S(=O)c1ccc(C)cc1)S(=O)c1ccc(C)cc1. The Kier molecular flexibility index (Phi) is 6.96. The molecule has 0 amide bonds. The molecular weight excluding hydrogens is 354 g/mol. The molecule has 0 bridgehead atoms. The molecule has 0 saturated carbocycles. The quantitative estimate of drug-likeness (QED) is 0.755. The molecule has 0 saturated heterocycles. The van der Waals surface area contributed by atoms with Crippen LogP contribution in [0.1, 0.15) is 24.5 Å². The van der Waals surface area contributed by atoms with Crippen LogP contribution in [-0.4, -0.2) is 15.0 Å². The number of hydrogen-bond acceptors (Lipinski definition) is 4. The zero-order chi connectivity index (χ0) is 18.4. The molecule has 2 rings (SSSR count). The number of rotatable bonds is 7. The Morgan fingerprint density at radius 1 is 0.880 bits per heavy atom. The van der Waals surface area contributed by atoms with Crippen LogP contribution in [0.5, 0.6) is 0 Å². The summed E-state index contributed by atoms with van der Waals surface area (Å²) in [5.74, 6) is -0.528. The topological polar surface area (TPSA) is 69.2 Å².